The van der Waals surface area contributed by atoms with Gasteiger partial charge < -0.3 is 14.2 Å². The van der Waals surface area contributed by atoms with Crippen molar-refractivity contribution >= 4 is 34.9 Å². The fourth-order valence-electron chi connectivity index (χ4n) is 2.07. The molecule has 0 saturated heterocycles. The van der Waals surface area contributed by atoms with E-state index in [1.165, 1.54) is 20.3 Å². The van der Waals surface area contributed by atoms with E-state index in [-0.39, 0.29) is 23.7 Å². The number of nitrogens with zero attached hydrogens (tertiary/aromatic N) is 1. The van der Waals surface area contributed by atoms with Crippen LogP contribution in [-0.4, -0.2) is 25.1 Å². The summed E-state index contributed by atoms with van der Waals surface area (Å²) in [6.45, 7) is -0.233. The number of halogens is 2. The van der Waals surface area contributed by atoms with Crippen LogP contribution in [0.2, 0.25) is 10.0 Å². The van der Waals surface area contributed by atoms with Crippen LogP contribution in [0.1, 0.15) is 15.9 Å². The number of carbonyl (C=O) groups excluding carboxylic acids is 1. The van der Waals surface area contributed by atoms with Gasteiger partial charge in [-0.25, -0.2) is 4.79 Å². The second-order valence-electron chi connectivity index (χ2n) is 4.76. The highest BCUT2D eigenvalue weighted by Gasteiger charge is 2.26. The molecule has 2 rings (SSSR count). The summed E-state index contributed by atoms with van der Waals surface area (Å²) in [6, 6.07) is 7.12. The highest BCUT2D eigenvalue weighted by molar-refractivity contribution is 6.35. The van der Waals surface area contributed by atoms with Crippen molar-refractivity contribution in [3.05, 3.63) is 61.6 Å². The second kappa shape index (κ2) is 8.04. The van der Waals surface area contributed by atoms with E-state index in [1.807, 2.05) is 0 Å². The third-order valence-corrected chi connectivity index (χ3v) is 4.04. The molecule has 2 aromatic rings. The lowest BCUT2D eigenvalue weighted by Crippen LogP contribution is -2.09. The predicted octanol–water partition coefficient (Wildman–Crippen LogP) is 4.28. The Kier molecular flexibility index (Phi) is 6.06. The molecule has 25 heavy (non-hydrogen) atoms. The Bertz CT molecular complexity index is 804. The first kappa shape index (κ1) is 18.8. The Morgan fingerprint density at radius 3 is 2.20 bits per heavy atom. The van der Waals surface area contributed by atoms with Gasteiger partial charge >= 0.3 is 5.97 Å². The largest absolute Gasteiger partial charge is 0.493 e. The number of ether oxygens (including phenoxy) is 3. The minimum atomic E-state index is -0.913. The number of methoxy groups -OCH3 is 2. The van der Waals surface area contributed by atoms with E-state index < -0.39 is 16.6 Å². The number of benzene rings is 2. The predicted molar refractivity (Wildman–Crippen MR) is 91.8 cm³/mol. The molecule has 0 aliphatic carbocycles. The molecule has 7 nitrogen and oxygen atoms in total. The van der Waals surface area contributed by atoms with E-state index in [9.17, 15) is 14.9 Å². The van der Waals surface area contributed by atoms with Gasteiger partial charge in [-0.3, -0.25) is 10.1 Å². The zero-order chi connectivity index (χ0) is 18.6. The van der Waals surface area contributed by atoms with Crippen LogP contribution in [0.3, 0.4) is 0 Å². The number of hydrogen-bond donors (Lipinski definition) is 0. The molecule has 0 heterocycles. The molecule has 0 spiro atoms. The van der Waals surface area contributed by atoms with Crippen molar-refractivity contribution in [2.24, 2.45) is 0 Å². The van der Waals surface area contributed by atoms with Crippen LogP contribution in [0.25, 0.3) is 0 Å². The lowest BCUT2D eigenvalue weighted by molar-refractivity contribution is -0.385. The second-order valence-corrected chi connectivity index (χ2v) is 5.57. The minimum Gasteiger partial charge on any atom is -0.493 e. The molecule has 0 N–H and O–H groups in total. The standard InChI is InChI=1S/C16H13Cl2NO6/c1-23-14-6-9(13(19(21)22)7-15(14)24-2)16(20)25-8-10-11(17)4-3-5-12(10)18/h3-7H,8H2,1-2H3. The third-order valence-electron chi connectivity index (χ3n) is 3.33. The summed E-state index contributed by atoms with van der Waals surface area (Å²) < 4.78 is 15.2. The van der Waals surface area contributed by atoms with Crippen molar-refractivity contribution < 1.29 is 23.9 Å². The molecule has 0 atom stereocenters. The molecule has 0 radical (unpaired) electrons. The van der Waals surface area contributed by atoms with E-state index in [2.05, 4.69) is 0 Å². The molecule has 2 aromatic carbocycles. The average molecular weight is 386 g/mol. The van der Waals surface area contributed by atoms with Gasteiger partial charge in [-0.15, -0.1) is 0 Å². The van der Waals surface area contributed by atoms with Crippen molar-refractivity contribution in [3.8, 4) is 11.5 Å². The highest BCUT2D eigenvalue weighted by atomic mass is 35.5. The molecule has 9 heteroatoms. The average Bonchev–Trinajstić information content (AvgIpc) is 2.59. The molecule has 0 aliphatic heterocycles. The van der Waals surface area contributed by atoms with Gasteiger partial charge in [0.05, 0.1) is 25.2 Å². The molecule has 0 fully saturated rings. The van der Waals surface area contributed by atoms with Crippen LogP contribution in [0, 0.1) is 10.1 Å². The first-order chi connectivity index (χ1) is 11.9. The minimum absolute atomic E-state index is 0.125. The van der Waals surface area contributed by atoms with Crippen LogP contribution in [0.5, 0.6) is 11.5 Å². The van der Waals surface area contributed by atoms with Crippen molar-refractivity contribution in [2.45, 2.75) is 6.61 Å². The smallest absolute Gasteiger partial charge is 0.345 e. The molecule has 0 bridgehead atoms. The lowest BCUT2D eigenvalue weighted by Gasteiger charge is -2.11. The van der Waals surface area contributed by atoms with Gasteiger partial charge in [0.25, 0.3) is 5.69 Å². The fourth-order valence-corrected chi connectivity index (χ4v) is 2.58. The molecule has 0 saturated carbocycles. The Labute approximate surface area is 153 Å². The first-order valence-corrected chi connectivity index (χ1v) is 7.65. The summed E-state index contributed by atoms with van der Waals surface area (Å²) in [4.78, 5) is 22.9. The maximum Gasteiger partial charge on any atom is 0.345 e. The SMILES string of the molecule is COc1cc(C(=O)OCc2c(Cl)cccc2Cl)c([N+](=O)[O-])cc1OC. The number of nitro groups is 1. The summed E-state index contributed by atoms with van der Waals surface area (Å²) in [5.74, 6) is -0.626. The summed E-state index contributed by atoms with van der Waals surface area (Å²) >= 11 is 12.0. The number of esters is 1. The Morgan fingerprint density at radius 2 is 1.68 bits per heavy atom. The van der Waals surface area contributed by atoms with E-state index >= 15 is 0 Å². The van der Waals surface area contributed by atoms with Crippen LogP contribution >= 0.6 is 23.2 Å². The van der Waals surface area contributed by atoms with E-state index in [0.717, 1.165) is 6.07 Å². The van der Waals surface area contributed by atoms with Crippen LogP contribution in [-0.2, 0) is 11.3 Å². The molecule has 0 aliphatic rings. The summed E-state index contributed by atoms with van der Waals surface area (Å²) in [6.07, 6.45) is 0. The number of carbonyl (C=O) groups is 1. The first-order valence-electron chi connectivity index (χ1n) is 6.89. The molecule has 0 aromatic heterocycles. The van der Waals surface area contributed by atoms with Crippen molar-refractivity contribution in [1.29, 1.82) is 0 Å². The normalized spacial score (nSPS) is 10.2. The van der Waals surface area contributed by atoms with Crippen molar-refractivity contribution in [2.75, 3.05) is 14.2 Å². The van der Waals surface area contributed by atoms with E-state index in [0.29, 0.717) is 15.6 Å². The molecular formula is C16H13Cl2NO6. The summed E-state index contributed by atoms with van der Waals surface area (Å²) in [5, 5.41) is 11.9. The van der Waals surface area contributed by atoms with E-state index in [4.69, 9.17) is 37.4 Å². The lowest BCUT2D eigenvalue weighted by atomic mass is 10.1. The van der Waals surface area contributed by atoms with Gasteiger partial charge in [0, 0.05) is 21.7 Å². The van der Waals surface area contributed by atoms with Gasteiger partial charge in [-0.2, -0.15) is 0 Å². The maximum absolute atomic E-state index is 12.3. The maximum atomic E-state index is 12.3. The number of rotatable bonds is 6. The van der Waals surface area contributed by atoms with Gasteiger partial charge in [-0.1, -0.05) is 29.3 Å². The number of hydrogen-bond acceptors (Lipinski definition) is 6. The fraction of sp³-hybridized carbons (Fsp3) is 0.188. The Morgan fingerprint density at radius 1 is 1.12 bits per heavy atom. The zero-order valence-corrected chi connectivity index (χ0v) is 14.8. The molecule has 0 amide bonds. The van der Waals surface area contributed by atoms with Crippen molar-refractivity contribution in [1.82, 2.24) is 0 Å². The van der Waals surface area contributed by atoms with Crippen LogP contribution < -0.4 is 9.47 Å². The van der Waals surface area contributed by atoms with Crippen molar-refractivity contribution in [3.63, 3.8) is 0 Å². The van der Waals surface area contributed by atoms with Gasteiger partial charge in [-0.05, 0) is 12.1 Å². The third kappa shape index (κ3) is 4.12. The topological polar surface area (TPSA) is 87.9 Å². The zero-order valence-electron chi connectivity index (χ0n) is 13.2. The van der Waals surface area contributed by atoms with Gasteiger partial charge in [0.2, 0.25) is 0 Å². The number of nitro benzene ring substituents is 1. The summed E-state index contributed by atoms with van der Waals surface area (Å²) in [5.41, 5.74) is -0.332. The Hall–Kier alpha value is -2.51. The molecule has 132 valence electrons. The molecular weight excluding hydrogens is 373 g/mol. The van der Waals surface area contributed by atoms with Crippen LogP contribution in [0.15, 0.2) is 30.3 Å². The van der Waals surface area contributed by atoms with Gasteiger partial charge in [0.15, 0.2) is 11.5 Å². The monoisotopic (exact) mass is 385 g/mol. The quantitative estimate of drug-likeness (QED) is 0.419. The molecule has 0 unspecified atom stereocenters. The van der Waals surface area contributed by atoms with E-state index in [1.54, 1.807) is 18.2 Å². The highest BCUT2D eigenvalue weighted by Crippen LogP contribution is 2.35. The Balaban J connectivity index is 2.33. The van der Waals surface area contributed by atoms with Crippen LogP contribution in [0.4, 0.5) is 5.69 Å². The summed E-state index contributed by atoms with van der Waals surface area (Å²) in [7, 11) is 2.68. The van der Waals surface area contributed by atoms with Gasteiger partial charge in [0.1, 0.15) is 12.2 Å².